The molecule has 0 spiro atoms. The van der Waals surface area contributed by atoms with Gasteiger partial charge < -0.3 is 14.2 Å². The van der Waals surface area contributed by atoms with Crippen molar-refractivity contribution in [3.63, 3.8) is 0 Å². The Morgan fingerprint density at radius 3 is 2.37 bits per heavy atom. The molecule has 1 amide bonds. The van der Waals surface area contributed by atoms with Crippen molar-refractivity contribution in [2.45, 2.75) is 6.61 Å². The van der Waals surface area contributed by atoms with Gasteiger partial charge in [0.2, 0.25) is 0 Å². The van der Waals surface area contributed by atoms with Crippen LogP contribution in [-0.2, 0) is 6.61 Å². The van der Waals surface area contributed by atoms with Gasteiger partial charge in [-0.15, -0.1) is 0 Å². The first-order valence-corrected chi connectivity index (χ1v) is 12.1. The number of carbonyl (C=O) groups excluding carboxylic acids is 2. The SMILES string of the molecule is COc1cc(/C=N/NC(=O)c2ccccc2OCc2ccccc2)ccc1OC(=O)c1ccc(Cl)c(Cl)c1. The van der Waals surface area contributed by atoms with Crippen LogP contribution >= 0.6 is 23.2 Å². The van der Waals surface area contributed by atoms with Crippen LogP contribution in [0.3, 0.4) is 0 Å². The molecule has 0 bridgehead atoms. The van der Waals surface area contributed by atoms with Crippen molar-refractivity contribution in [1.29, 1.82) is 0 Å². The number of nitrogens with one attached hydrogen (secondary N) is 1. The second kappa shape index (κ2) is 12.8. The Labute approximate surface area is 229 Å². The quantitative estimate of drug-likeness (QED) is 0.111. The molecule has 0 fully saturated rings. The van der Waals surface area contributed by atoms with E-state index in [1.807, 2.05) is 30.3 Å². The Balaban J connectivity index is 1.40. The minimum Gasteiger partial charge on any atom is -0.493 e. The lowest BCUT2D eigenvalue weighted by Crippen LogP contribution is -2.18. The summed E-state index contributed by atoms with van der Waals surface area (Å²) in [5.41, 5.74) is 4.68. The van der Waals surface area contributed by atoms with Crippen LogP contribution in [0.2, 0.25) is 10.0 Å². The number of methoxy groups -OCH3 is 1. The van der Waals surface area contributed by atoms with E-state index in [0.29, 0.717) is 34.3 Å². The standard InChI is InChI=1S/C29H22Cl2N2O5/c1-36-27-15-20(11-14-26(27)38-29(35)21-12-13-23(30)24(31)16-21)17-32-33-28(34)22-9-5-6-10-25(22)37-18-19-7-3-2-4-8-19/h2-17H,18H2,1H3,(H,33,34)/b32-17+. The maximum atomic E-state index is 12.7. The number of amides is 1. The molecule has 38 heavy (non-hydrogen) atoms. The minimum absolute atomic E-state index is 0.203. The minimum atomic E-state index is -0.622. The highest BCUT2D eigenvalue weighted by molar-refractivity contribution is 6.42. The third kappa shape index (κ3) is 6.91. The van der Waals surface area contributed by atoms with Crippen molar-refractivity contribution < 1.29 is 23.8 Å². The fourth-order valence-corrected chi connectivity index (χ4v) is 3.67. The highest BCUT2D eigenvalue weighted by Crippen LogP contribution is 2.29. The van der Waals surface area contributed by atoms with E-state index in [-0.39, 0.29) is 16.3 Å². The van der Waals surface area contributed by atoms with Crippen LogP contribution in [0, 0.1) is 0 Å². The Hall–Kier alpha value is -4.33. The van der Waals surface area contributed by atoms with Crippen LogP contribution in [0.25, 0.3) is 0 Å². The molecule has 1 N–H and O–H groups in total. The van der Waals surface area contributed by atoms with E-state index in [2.05, 4.69) is 10.5 Å². The normalized spacial score (nSPS) is 10.7. The Morgan fingerprint density at radius 1 is 0.842 bits per heavy atom. The highest BCUT2D eigenvalue weighted by atomic mass is 35.5. The van der Waals surface area contributed by atoms with Gasteiger partial charge in [0.1, 0.15) is 12.4 Å². The zero-order chi connectivity index (χ0) is 26.9. The second-order valence-electron chi connectivity index (χ2n) is 7.90. The summed E-state index contributed by atoms with van der Waals surface area (Å²) in [5.74, 6) is -0.103. The molecule has 9 heteroatoms. The van der Waals surface area contributed by atoms with Gasteiger partial charge >= 0.3 is 5.97 Å². The number of hydrogen-bond acceptors (Lipinski definition) is 6. The first-order valence-electron chi connectivity index (χ1n) is 11.4. The van der Waals surface area contributed by atoms with Gasteiger partial charge in [-0.2, -0.15) is 5.10 Å². The van der Waals surface area contributed by atoms with Crippen LogP contribution in [0.5, 0.6) is 17.2 Å². The molecule has 192 valence electrons. The molecular formula is C29H22Cl2N2O5. The number of halogens is 2. The van der Waals surface area contributed by atoms with Crippen molar-refractivity contribution in [1.82, 2.24) is 5.43 Å². The number of carbonyl (C=O) groups is 2. The van der Waals surface area contributed by atoms with E-state index in [9.17, 15) is 9.59 Å². The molecule has 0 aliphatic rings. The number of rotatable bonds is 9. The average molecular weight is 549 g/mol. The molecule has 4 aromatic rings. The first kappa shape index (κ1) is 26.7. The molecule has 0 aliphatic heterocycles. The summed E-state index contributed by atoms with van der Waals surface area (Å²) in [7, 11) is 1.45. The van der Waals surface area contributed by atoms with Crippen LogP contribution < -0.4 is 19.6 Å². The first-order chi connectivity index (χ1) is 18.4. The summed E-state index contributed by atoms with van der Waals surface area (Å²) >= 11 is 11.9. The third-order valence-corrected chi connectivity index (χ3v) is 6.03. The largest absolute Gasteiger partial charge is 0.493 e. The van der Waals surface area contributed by atoms with Crippen LogP contribution in [0.4, 0.5) is 0 Å². The van der Waals surface area contributed by atoms with Crippen molar-refractivity contribution in [2.24, 2.45) is 5.10 Å². The van der Waals surface area contributed by atoms with Crippen LogP contribution in [0.1, 0.15) is 31.8 Å². The maximum Gasteiger partial charge on any atom is 0.343 e. The molecular weight excluding hydrogens is 527 g/mol. The van der Waals surface area contributed by atoms with E-state index in [0.717, 1.165) is 5.56 Å². The number of hydrogen-bond donors (Lipinski definition) is 1. The third-order valence-electron chi connectivity index (χ3n) is 5.29. The van der Waals surface area contributed by atoms with Gasteiger partial charge in [0, 0.05) is 0 Å². The van der Waals surface area contributed by atoms with Gasteiger partial charge in [0.05, 0.1) is 34.5 Å². The lowest BCUT2D eigenvalue weighted by Gasteiger charge is -2.11. The monoisotopic (exact) mass is 548 g/mol. The summed E-state index contributed by atoms with van der Waals surface area (Å²) in [6.07, 6.45) is 1.44. The van der Waals surface area contributed by atoms with E-state index in [4.69, 9.17) is 37.4 Å². The number of benzene rings is 4. The molecule has 0 aromatic heterocycles. The molecule has 7 nitrogen and oxygen atoms in total. The molecule has 0 saturated heterocycles. The van der Waals surface area contributed by atoms with Gasteiger partial charge in [-0.05, 0) is 59.7 Å². The maximum absolute atomic E-state index is 12.7. The van der Waals surface area contributed by atoms with Gasteiger partial charge in [-0.25, -0.2) is 10.2 Å². The summed E-state index contributed by atoms with van der Waals surface area (Å²) in [6.45, 7) is 0.330. The van der Waals surface area contributed by atoms with Crippen molar-refractivity contribution in [2.75, 3.05) is 7.11 Å². The molecule has 4 rings (SSSR count). The lowest BCUT2D eigenvalue weighted by atomic mass is 10.2. The summed E-state index contributed by atoms with van der Waals surface area (Å²) in [4.78, 5) is 25.2. The fourth-order valence-electron chi connectivity index (χ4n) is 3.37. The van der Waals surface area contributed by atoms with Gasteiger partial charge in [-0.3, -0.25) is 4.79 Å². The molecule has 0 unspecified atom stereocenters. The van der Waals surface area contributed by atoms with Crippen LogP contribution in [0.15, 0.2) is 96.1 Å². The van der Waals surface area contributed by atoms with E-state index in [1.54, 1.807) is 42.5 Å². The number of nitrogens with zero attached hydrogens (tertiary/aromatic N) is 1. The topological polar surface area (TPSA) is 86.2 Å². The van der Waals surface area contributed by atoms with E-state index >= 15 is 0 Å². The summed E-state index contributed by atoms with van der Waals surface area (Å²) < 4.78 is 16.6. The lowest BCUT2D eigenvalue weighted by molar-refractivity contribution is 0.0729. The predicted octanol–water partition coefficient (Wildman–Crippen LogP) is 6.56. The number of hydrazone groups is 1. The second-order valence-corrected chi connectivity index (χ2v) is 8.71. The highest BCUT2D eigenvalue weighted by Gasteiger charge is 2.15. The average Bonchev–Trinajstić information content (AvgIpc) is 2.94. The van der Waals surface area contributed by atoms with Crippen molar-refractivity contribution in [3.05, 3.63) is 123 Å². The Kier molecular flexibility index (Phi) is 8.98. The molecule has 0 atom stereocenters. The van der Waals surface area contributed by atoms with Crippen molar-refractivity contribution >= 4 is 41.3 Å². The zero-order valence-corrected chi connectivity index (χ0v) is 21.7. The molecule has 4 aromatic carbocycles. The van der Waals surface area contributed by atoms with Gasteiger partial charge in [0.15, 0.2) is 11.5 Å². The zero-order valence-electron chi connectivity index (χ0n) is 20.2. The predicted molar refractivity (Wildman–Crippen MR) is 147 cm³/mol. The van der Waals surface area contributed by atoms with E-state index in [1.165, 1.54) is 31.5 Å². The molecule has 0 saturated carbocycles. The van der Waals surface area contributed by atoms with Gasteiger partial charge in [-0.1, -0.05) is 65.7 Å². The number of para-hydroxylation sites is 1. The molecule has 0 heterocycles. The Morgan fingerprint density at radius 2 is 1.61 bits per heavy atom. The van der Waals surface area contributed by atoms with Gasteiger partial charge in [0.25, 0.3) is 5.91 Å². The smallest absolute Gasteiger partial charge is 0.343 e. The van der Waals surface area contributed by atoms with E-state index < -0.39 is 11.9 Å². The fraction of sp³-hybridized carbons (Fsp3) is 0.0690. The van der Waals surface area contributed by atoms with Crippen molar-refractivity contribution in [3.8, 4) is 17.2 Å². The number of ether oxygens (including phenoxy) is 3. The summed E-state index contributed by atoms with van der Waals surface area (Å²) in [5, 5.41) is 4.61. The Bertz CT molecular complexity index is 1480. The number of esters is 1. The molecule has 0 aliphatic carbocycles. The van der Waals surface area contributed by atoms with Crippen LogP contribution in [-0.4, -0.2) is 25.2 Å². The molecule has 0 radical (unpaired) electrons. The summed E-state index contributed by atoms with van der Waals surface area (Å²) in [6, 6.07) is 25.9.